The molecule has 0 heterocycles. The van der Waals surface area contributed by atoms with Crippen LogP contribution in [0.4, 0.5) is 0 Å². The number of allylic oxidation sites excluding steroid dienone is 3. The van der Waals surface area contributed by atoms with Gasteiger partial charge >= 0.3 is 0 Å². The van der Waals surface area contributed by atoms with Crippen LogP contribution in [-0.4, -0.2) is 0 Å². The second-order valence-electron chi connectivity index (χ2n) is 6.07. The summed E-state index contributed by atoms with van der Waals surface area (Å²) in [5, 5.41) is 0. The minimum atomic E-state index is 0.0998. The molecule has 0 aromatic heterocycles. The molecule has 0 saturated heterocycles. The van der Waals surface area contributed by atoms with Gasteiger partial charge in [0.1, 0.15) is 0 Å². The first-order valence-electron chi connectivity index (χ1n) is 7.41. The van der Waals surface area contributed by atoms with Crippen molar-refractivity contribution < 1.29 is 0 Å². The van der Waals surface area contributed by atoms with Crippen molar-refractivity contribution in [3.05, 3.63) is 83.6 Å². The van der Waals surface area contributed by atoms with E-state index in [2.05, 4.69) is 62.4 Å². The van der Waals surface area contributed by atoms with Crippen LogP contribution in [-0.2, 0) is 11.8 Å². The molecule has 2 aromatic rings. The van der Waals surface area contributed by atoms with Gasteiger partial charge in [-0.15, -0.1) is 0 Å². The molecule has 0 radical (unpaired) electrons. The van der Waals surface area contributed by atoms with Gasteiger partial charge in [0, 0.05) is 5.41 Å². The fourth-order valence-corrected chi connectivity index (χ4v) is 3.24. The predicted octanol–water partition coefficient (Wildman–Crippen LogP) is 4.56. The molecule has 106 valence electrons. The van der Waals surface area contributed by atoms with Crippen LogP contribution in [0.3, 0.4) is 0 Å². The summed E-state index contributed by atoms with van der Waals surface area (Å²) in [6.45, 7) is 4.62. The second-order valence-corrected chi connectivity index (χ2v) is 6.07. The summed E-state index contributed by atoms with van der Waals surface area (Å²) in [5.74, 6) is 0. The molecule has 1 heteroatoms. The molecule has 0 atom stereocenters. The van der Waals surface area contributed by atoms with E-state index in [1.807, 2.05) is 12.2 Å². The van der Waals surface area contributed by atoms with Gasteiger partial charge in [-0.1, -0.05) is 68.5 Å². The monoisotopic (exact) mass is 275 g/mol. The molecule has 2 N–H and O–H groups in total. The number of fused-ring (bicyclic) bond motifs is 3. The Morgan fingerprint density at radius 3 is 2.52 bits per heavy atom. The molecule has 0 amide bonds. The first-order valence-corrected chi connectivity index (χ1v) is 7.41. The van der Waals surface area contributed by atoms with Gasteiger partial charge < -0.3 is 5.73 Å². The lowest BCUT2D eigenvalue weighted by molar-refractivity contribution is 0.660. The highest BCUT2D eigenvalue weighted by Crippen LogP contribution is 2.48. The van der Waals surface area contributed by atoms with Crippen LogP contribution in [0.2, 0.25) is 0 Å². The molecular formula is C20H21N. The quantitative estimate of drug-likeness (QED) is 0.816. The van der Waals surface area contributed by atoms with E-state index in [9.17, 15) is 0 Å². The number of nitrogens with two attached hydrogens (primary N) is 1. The zero-order valence-electron chi connectivity index (χ0n) is 12.6. The predicted molar refractivity (Wildman–Crippen MR) is 90.2 cm³/mol. The van der Waals surface area contributed by atoms with Crippen LogP contribution in [0.5, 0.6) is 0 Å². The Kier molecular flexibility index (Phi) is 3.42. The van der Waals surface area contributed by atoms with E-state index >= 15 is 0 Å². The van der Waals surface area contributed by atoms with Crippen molar-refractivity contribution in [1.82, 2.24) is 0 Å². The summed E-state index contributed by atoms with van der Waals surface area (Å²) in [4.78, 5) is 0. The van der Waals surface area contributed by atoms with E-state index in [4.69, 9.17) is 5.73 Å². The fraction of sp³-hybridized carbons (Fsp3) is 0.200. The van der Waals surface area contributed by atoms with Gasteiger partial charge in [0.2, 0.25) is 0 Å². The van der Waals surface area contributed by atoms with Crippen molar-refractivity contribution in [3.8, 4) is 11.1 Å². The summed E-state index contributed by atoms with van der Waals surface area (Å²) in [5.41, 5.74) is 12.4. The van der Waals surface area contributed by atoms with Gasteiger partial charge in [-0.2, -0.15) is 0 Å². The van der Waals surface area contributed by atoms with E-state index in [1.165, 1.54) is 27.8 Å². The second kappa shape index (κ2) is 5.25. The molecule has 0 fully saturated rings. The molecule has 1 aliphatic carbocycles. The van der Waals surface area contributed by atoms with Crippen molar-refractivity contribution in [2.24, 2.45) is 5.73 Å². The van der Waals surface area contributed by atoms with Gasteiger partial charge in [-0.25, -0.2) is 0 Å². The summed E-state index contributed by atoms with van der Waals surface area (Å²) in [7, 11) is 0. The SMILES string of the molecule is CC1(C)c2ccccc2-c2cc(C/C=C\C=C/N)ccc21. The number of hydrogen-bond donors (Lipinski definition) is 1. The van der Waals surface area contributed by atoms with Crippen molar-refractivity contribution >= 4 is 0 Å². The zero-order chi connectivity index (χ0) is 14.9. The van der Waals surface area contributed by atoms with Crippen LogP contribution in [0.15, 0.2) is 66.9 Å². The summed E-state index contributed by atoms with van der Waals surface area (Å²) in [6, 6.07) is 15.6. The molecule has 1 nitrogen and oxygen atoms in total. The maximum atomic E-state index is 5.33. The average Bonchev–Trinajstić information content (AvgIpc) is 2.73. The Balaban J connectivity index is 2.01. The minimum absolute atomic E-state index is 0.0998. The minimum Gasteiger partial charge on any atom is -0.405 e. The Morgan fingerprint density at radius 2 is 1.71 bits per heavy atom. The lowest BCUT2D eigenvalue weighted by atomic mass is 9.82. The Morgan fingerprint density at radius 1 is 0.952 bits per heavy atom. The first-order chi connectivity index (χ1) is 10.1. The summed E-state index contributed by atoms with van der Waals surface area (Å²) < 4.78 is 0. The smallest absolute Gasteiger partial charge is 0.0158 e. The fourth-order valence-electron chi connectivity index (χ4n) is 3.24. The number of rotatable bonds is 3. The molecule has 0 bridgehead atoms. The van der Waals surface area contributed by atoms with Crippen molar-refractivity contribution in [2.75, 3.05) is 0 Å². The third kappa shape index (κ3) is 2.29. The van der Waals surface area contributed by atoms with Crippen LogP contribution < -0.4 is 5.73 Å². The van der Waals surface area contributed by atoms with Gasteiger partial charge in [0.15, 0.2) is 0 Å². The molecule has 2 aromatic carbocycles. The third-order valence-electron chi connectivity index (χ3n) is 4.36. The van der Waals surface area contributed by atoms with Crippen LogP contribution in [0.25, 0.3) is 11.1 Å². The highest BCUT2D eigenvalue weighted by atomic mass is 14.5. The van der Waals surface area contributed by atoms with E-state index in [1.54, 1.807) is 6.20 Å². The molecular weight excluding hydrogens is 254 g/mol. The van der Waals surface area contributed by atoms with Crippen molar-refractivity contribution in [3.63, 3.8) is 0 Å². The van der Waals surface area contributed by atoms with Crippen LogP contribution >= 0.6 is 0 Å². The van der Waals surface area contributed by atoms with E-state index in [-0.39, 0.29) is 5.41 Å². The van der Waals surface area contributed by atoms with Crippen LogP contribution in [0.1, 0.15) is 30.5 Å². The molecule has 0 spiro atoms. The third-order valence-corrected chi connectivity index (χ3v) is 4.36. The average molecular weight is 275 g/mol. The first kappa shape index (κ1) is 13.7. The lowest BCUT2D eigenvalue weighted by Gasteiger charge is -2.21. The van der Waals surface area contributed by atoms with Gasteiger partial charge in [0.05, 0.1) is 0 Å². The summed E-state index contributed by atoms with van der Waals surface area (Å²) in [6.07, 6.45) is 8.46. The number of hydrogen-bond acceptors (Lipinski definition) is 1. The Bertz CT molecular complexity index is 720. The molecule has 0 saturated carbocycles. The van der Waals surface area contributed by atoms with Gasteiger partial charge in [-0.3, -0.25) is 0 Å². The standard InChI is InChI=1S/C20H21N/c1-20(2)18-10-6-5-9-16(18)17-14-15(11-12-19(17)20)8-4-3-7-13-21/h3-7,9-14H,8,21H2,1-2H3/b4-3-,13-7-. The van der Waals surface area contributed by atoms with E-state index in [0.29, 0.717) is 0 Å². The van der Waals surface area contributed by atoms with E-state index < -0.39 is 0 Å². The Hall–Kier alpha value is -2.28. The maximum absolute atomic E-state index is 5.33. The van der Waals surface area contributed by atoms with Crippen LogP contribution in [0, 0.1) is 0 Å². The molecule has 0 aliphatic heterocycles. The van der Waals surface area contributed by atoms with E-state index in [0.717, 1.165) is 6.42 Å². The van der Waals surface area contributed by atoms with Gasteiger partial charge in [-0.05, 0) is 46.5 Å². The topological polar surface area (TPSA) is 26.0 Å². The zero-order valence-corrected chi connectivity index (χ0v) is 12.6. The summed E-state index contributed by atoms with van der Waals surface area (Å²) >= 11 is 0. The molecule has 1 aliphatic rings. The largest absolute Gasteiger partial charge is 0.405 e. The molecule has 3 rings (SSSR count). The maximum Gasteiger partial charge on any atom is 0.0158 e. The van der Waals surface area contributed by atoms with Crippen molar-refractivity contribution in [2.45, 2.75) is 25.7 Å². The molecule has 21 heavy (non-hydrogen) atoms. The number of benzene rings is 2. The molecule has 0 unspecified atom stereocenters. The normalized spacial score (nSPS) is 15.5. The highest BCUT2D eigenvalue weighted by molar-refractivity contribution is 5.81. The Labute approximate surface area is 126 Å². The van der Waals surface area contributed by atoms with Gasteiger partial charge in [0.25, 0.3) is 0 Å². The van der Waals surface area contributed by atoms with Crippen molar-refractivity contribution in [1.29, 1.82) is 0 Å². The lowest BCUT2D eigenvalue weighted by Crippen LogP contribution is -2.14. The highest BCUT2D eigenvalue weighted by Gasteiger charge is 2.34.